The number of azo groups is 1. The molecule has 2 rings (SSSR count). The summed E-state index contributed by atoms with van der Waals surface area (Å²) in [6, 6.07) is 5.38. The Morgan fingerprint density at radius 1 is 1.00 bits per heavy atom. The summed E-state index contributed by atoms with van der Waals surface area (Å²) < 4.78 is 102. The van der Waals surface area contributed by atoms with E-state index in [1.165, 1.54) is 12.1 Å². The standard InChI is InChI=1S/C17H16F6N5O2S/c1-3-28(4-2)12-6-7-13(14(9-12)27-31(29,30)17(21,22)23)25-26-15-8-5-11(10-24-15)16(18,19)20/h5-10H,3-4H2,1-2H3/q-1. The quantitative estimate of drug-likeness (QED) is 0.357. The van der Waals surface area contributed by atoms with Gasteiger partial charge in [0.25, 0.3) is 0 Å². The van der Waals surface area contributed by atoms with Gasteiger partial charge in [-0.25, -0.2) is 13.4 Å². The second-order valence-corrected chi connectivity index (χ2v) is 7.56. The molecule has 0 radical (unpaired) electrons. The fraction of sp³-hybridized carbons (Fsp3) is 0.353. The van der Waals surface area contributed by atoms with Gasteiger partial charge in [-0.1, -0.05) is 11.8 Å². The third kappa shape index (κ3) is 6.06. The molecule has 0 atom stereocenters. The average molecular weight is 468 g/mol. The highest BCUT2D eigenvalue weighted by molar-refractivity contribution is 7.95. The molecule has 0 aliphatic rings. The van der Waals surface area contributed by atoms with Gasteiger partial charge in [-0.2, -0.15) is 31.5 Å². The third-order valence-corrected chi connectivity index (χ3v) is 4.96. The minimum atomic E-state index is -5.87. The lowest BCUT2D eigenvalue weighted by molar-refractivity contribution is -0.137. The van der Waals surface area contributed by atoms with E-state index in [9.17, 15) is 34.8 Å². The van der Waals surface area contributed by atoms with Gasteiger partial charge in [-0.05, 0) is 38.1 Å². The predicted molar refractivity (Wildman–Crippen MR) is 101 cm³/mol. The van der Waals surface area contributed by atoms with Crippen LogP contribution in [0.4, 0.5) is 49.2 Å². The zero-order valence-corrected chi connectivity index (χ0v) is 16.9. The zero-order chi connectivity index (χ0) is 23.4. The van der Waals surface area contributed by atoms with Crippen molar-refractivity contribution in [3.63, 3.8) is 0 Å². The molecule has 170 valence electrons. The Bertz CT molecular complexity index is 1030. The lowest BCUT2D eigenvalue weighted by atomic mass is 10.2. The van der Waals surface area contributed by atoms with Crippen molar-refractivity contribution in [2.45, 2.75) is 25.5 Å². The Labute approximate surface area is 173 Å². The number of rotatable bonds is 7. The topological polar surface area (TPSA) is 89.1 Å². The van der Waals surface area contributed by atoms with Crippen LogP contribution >= 0.6 is 0 Å². The molecule has 1 aromatic carbocycles. The van der Waals surface area contributed by atoms with Crippen LogP contribution < -0.4 is 4.90 Å². The first-order chi connectivity index (χ1) is 14.3. The molecule has 1 aromatic heterocycles. The van der Waals surface area contributed by atoms with E-state index in [4.69, 9.17) is 0 Å². The van der Waals surface area contributed by atoms with Gasteiger partial charge in [0.05, 0.1) is 11.3 Å². The predicted octanol–water partition coefficient (Wildman–Crippen LogP) is 6.22. The molecular formula is C17H16F6N5O2S-. The number of halogens is 6. The van der Waals surface area contributed by atoms with Crippen molar-refractivity contribution in [3.8, 4) is 0 Å². The van der Waals surface area contributed by atoms with Crippen LogP contribution in [0.15, 0.2) is 46.8 Å². The smallest absolute Gasteiger partial charge is 0.483 e. The molecule has 0 amide bonds. The summed E-state index contributed by atoms with van der Waals surface area (Å²) in [5, 5.41) is 7.19. The van der Waals surface area contributed by atoms with Crippen molar-refractivity contribution in [2.24, 2.45) is 10.2 Å². The summed E-state index contributed by atoms with van der Waals surface area (Å²) in [6.45, 7) is 4.55. The highest BCUT2D eigenvalue weighted by atomic mass is 32.2. The van der Waals surface area contributed by atoms with E-state index in [1.807, 2.05) is 0 Å². The average Bonchev–Trinajstić information content (AvgIpc) is 2.67. The highest BCUT2D eigenvalue weighted by Crippen LogP contribution is 2.42. The number of aromatic nitrogens is 1. The van der Waals surface area contributed by atoms with Crippen LogP contribution in [-0.2, 0) is 16.2 Å². The fourth-order valence-corrected chi connectivity index (χ4v) is 2.86. The molecule has 0 unspecified atom stereocenters. The Morgan fingerprint density at radius 2 is 1.65 bits per heavy atom. The molecule has 0 saturated heterocycles. The summed E-state index contributed by atoms with van der Waals surface area (Å²) in [4.78, 5) is 5.19. The summed E-state index contributed by atoms with van der Waals surface area (Å²) >= 11 is 0. The van der Waals surface area contributed by atoms with E-state index in [2.05, 4.69) is 19.9 Å². The minimum absolute atomic E-state index is 0.273. The number of anilines is 1. The summed E-state index contributed by atoms with van der Waals surface area (Å²) in [7, 11) is -5.87. The molecule has 0 fully saturated rings. The number of sulfonamides is 1. The normalized spacial score (nSPS) is 12.9. The first kappa shape index (κ1) is 24.4. The molecule has 1 heterocycles. The second kappa shape index (κ2) is 9.08. The molecule has 0 spiro atoms. The molecule has 0 N–H and O–H groups in total. The molecule has 7 nitrogen and oxygen atoms in total. The molecule has 14 heteroatoms. The summed E-state index contributed by atoms with van der Waals surface area (Å²) in [5.74, 6) is -0.273. The number of hydrogen-bond donors (Lipinski definition) is 0. The maximum atomic E-state index is 12.8. The van der Waals surface area contributed by atoms with E-state index in [0.29, 0.717) is 31.0 Å². The van der Waals surface area contributed by atoms with E-state index >= 15 is 0 Å². The van der Waals surface area contributed by atoms with Crippen molar-refractivity contribution in [1.82, 2.24) is 4.98 Å². The number of hydrogen-bond acceptors (Lipinski definition) is 6. The van der Waals surface area contributed by atoms with Gasteiger partial charge >= 0.3 is 11.7 Å². The zero-order valence-electron chi connectivity index (χ0n) is 16.1. The molecule has 0 aliphatic heterocycles. The number of benzene rings is 1. The van der Waals surface area contributed by atoms with Crippen molar-refractivity contribution in [2.75, 3.05) is 18.0 Å². The van der Waals surface area contributed by atoms with Crippen molar-refractivity contribution < 1.29 is 34.8 Å². The Kier molecular flexibility index (Phi) is 7.14. The lowest BCUT2D eigenvalue weighted by Gasteiger charge is -2.28. The lowest BCUT2D eigenvalue weighted by Crippen LogP contribution is -2.22. The maximum Gasteiger partial charge on any atom is 0.483 e. The van der Waals surface area contributed by atoms with Gasteiger partial charge in [-0.15, -0.1) is 5.11 Å². The minimum Gasteiger partial charge on any atom is -0.568 e. The van der Waals surface area contributed by atoms with Crippen LogP contribution in [0, 0.1) is 0 Å². The SMILES string of the molecule is CCN(CC)c1ccc(N=Nc2ccc(C(F)(F)F)cn2)c([N-]S(=O)(=O)C(F)(F)F)c1. The number of alkyl halides is 6. The largest absolute Gasteiger partial charge is 0.568 e. The molecule has 0 saturated carbocycles. The summed E-state index contributed by atoms with van der Waals surface area (Å²) in [5.41, 5.74) is -7.22. The van der Waals surface area contributed by atoms with Crippen LogP contribution in [-0.4, -0.2) is 32.0 Å². The van der Waals surface area contributed by atoms with Gasteiger partial charge in [-0.3, -0.25) is 0 Å². The van der Waals surface area contributed by atoms with Crippen LogP contribution in [0.2, 0.25) is 0 Å². The van der Waals surface area contributed by atoms with E-state index in [-0.39, 0.29) is 11.5 Å². The van der Waals surface area contributed by atoms with Crippen molar-refractivity contribution in [1.29, 1.82) is 0 Å². The number of pyridine rings is 1. The molecule has 31 heavy (non-hydrogen) atoms. The highest BCUT2D eigenvalue weighted by Gasteiger charge is 2.39. The van der Waals surface area contributed by atoms with Crippen molar-refractivity contribution in [3.05, 3.63) is 46.8 Å². The third-order valence-electron chi connectivity index (χ3n) is 3.93. The van der Waals surface area contributed by atoms with Crippen molar-refractivity contribution >= 4 is 32.9 Å². The first-order valence-electron chi connectivity index (χ1n) is 8.66. The molecule has 0 aliphatic carbocycles. The van der Waals surface area contributed by atoms with E-state index in [0.717, 1.165) is 12.1 Å². The van der Waals surface area contributed by atoms with Crippen LogP contribution in [0.1, 0.15) is 19.4 Å². The summed E-state index contributed by atoms with van der Waals surface area (Å²) in [6.07, 6.45) is -4.10. The Hall–Kier alpha value is -2.90. The van der Waals surface area contributed by atoms with E-state index in [1.54, 1.807) is 18.7 Å². The van der Waals surface area contributed by atoms with Gasteiger partial charge in [0.1, 0.15) is 0 Å². The molecule has 2 aromatic rings. The first-order valence-corrected chi connectivity index (χ1v) is 10.1. The Morgan fingerprint density at radius 3 is 2.13 bits per heavy atom. The Balaban J connectivity index is 2.44. The van der Waals surface area contributed by atoms with Gasteiger partial charge < -0.3 is 9.62 Å². The van der Waals surface area contributed by atoms with Gasteiger partial charge in [0.2, 0.25) is 0 Å². The van der Waals surface area contributed by atoms with E-state index < -0.39 is 33.0 Å². The van der Waals surface area contributed by atoms with Crippen LogP contribution in [0.5, 0.6) is 0 Å². The van der Waals surface area contributed by atoms with Gasteiger partial charge in [0.15, 0.2) is 15.8 Å². The number of nitrogens with zero attached hydrogens (tertiary/aromatic N) is 5. The molecular weight excluding hydrogens is 452 g/mol. The second-order valence-electron chi connectivity index (χ2n) is 5.96. The van der Waals surface area contributed by atoms with Crippen LogP contribution in [0.25, 0.3) is 4.72 Å². The van der Waals surface area contributed by atoms with Crippen LogP contribution in [0.3, 0.4) is 0 Å². The monoisotopic (exact) mass is 468 g/mol. The fourth-order valence-electron chi connectivity index (χ4n) is 2.35. The molecule has 0 bridgehead atoms. The maximum absolute atomic E-state index is 12.8. The van der Waals surface area contributed by atoms with Gasteiger partial charge in [0, 0.05) is 25.0 Å².